The van der Waals surface area contributed by atoms with E-state index in [0.29, 0.717) is 18.2 Å². The summed E-state index contributed by atoms with van der Waals surface area (Å²) in [6, 6.07) is 16.7. The van der Waals surface area contributed by atoms with Crippen LogP contribution in [-0.2, 0) is 13.0 Å². The van der Waals surface area contributed by atoms with Crippen LogP contribution < -0.4 is 10.6 Å². The molecule has 0 heterocycles. The van der Waals surface area contributed by atoms with Crippen molar-refractivity contribution in [1.82, 2.24) is 10.6 Å². The van der Waals surface area contributed by atoms with Crippen LogP contribution in [0.3, 0.4) is 0 Å². The number of hydrogen-bond donors (Lipinski definition) is 2. The average molecular weight is 288 g/mol. The molecule has 0 saturated carbocycles. The summed E-state index contributed by atoms with van der Waals surface area (Å²) >= 11 is 5.20. The van der Waals surface area contributed by atoms with Gasteiger partial charge in [0, 0.05) is 13.1 Å². The minimum Gasteiger partial charge on any atom is -0.362 e. The van der Waals surface area contributed by atoms with Gasteiger partial charge in [0.05, 0.1) is 0 Å². The zero-order chi connectivity index (χ0) is 14.2. The van der Waals surface area contributed by atoms with Crippen LogP contribution in [0.5, 0.6) is 0 Å². The molecular formula is C16H17FN2S. The van der Waals surface area contributed by atoms with Crippen molar-refractivity contribution in [2.45, 2.75) is 13.0 Å². The van der Waals surface area contributed by atoms with Gasteiger partial charge in [0.2, 0.25) is 0 Å². The quantitative estimate of drug-likeness (QED) is 0.827. The van der Waals surface area contributed by atoms with E-state index >= 15 is 0 Å². The van der Waals surface area contributed by atoms with E-state index in [0.717, 1.165) is 12.0 Å². The summed E-state index contributed by atoms with van der Waals surface area (Å²) in [5.41, 5.74) is 2.14. The third kappa shape index (κ3) is 4.97. The maximum atomic E-state index is 13.0. The monoisotopic (exact) mass is 288 g/mol. The van der Waals surface area contributed by atoms with Crippen molar-refractivity contribution < 1.29 is 4.39 Å². The lowest BCUT2D eigenvalue weighted by Gasteiger charge is -2.10. The molecule has 0 aliphatic carbocycles. The van der Waals surface area contributed by atoms with E-state index < -0.39 is 0 Å². The second-order valence-electron chi connectivity index (χ2n) is 4.47. The van der Waals surface area contributed by atoms with E-state index in [-0.39, 0.29) is 5.82 Å². The fourth-order valence-corrected chi connectivity index (χ4v) is 2.03. The van der Waals surface area contributed by atoms with Gasteiger partial charge in [-0.1, -0.05) is 42.5 Å². The predicted octanol–water partition coefficient (Wildman–Crippen LogP) is 3.03. The van der Waals surface area contributed by atoms with Crippen molar-refractivity contribution in [3.63, 3.8) is 0 Å². The first-order chi connectivity index (χ1) is 9.74. The third-order valence-electron chi connectivity index (χ3n) is 2.88. The normalized spacial score (nSPS) is 10.1. The average Bonchev–Trinajstić information content (AvgIpc) is 2.46. The lowest BCUT2D eigenvalue weighted by atomic mass is 10.1. The minimum atomic E-state index is -0.202. The number of hydrogen-bond acceptors (Lipinski definition) is 1. The van der Waals surface area contributed by atoms with E-state index in [1.807, 2.05) is 36.4 Å². The van der Waals surface area contributed by atoms with Crippen LogP contribution in [0.15, 0.2) is 54.6 Å². The summed E-state index contributed by atoms with van der Waals surface area (Å²) < 4.78 is 13.0. The first-order valence-corrected chi connectivity index (χ1v) is 6.95. The summed E-state index contributed by atoms with van der Waals surface area (Å²) in [5, 5.41) is 6.88. The van der Waals surface area contributed by atoms with E-state index in [4.69, 9.17) is 12.2 Å². The molecule has 2 N–H and O–H groups in total. The lowest BCUT2D eigenvalue weighted by molar-refractivity contribution is 0.625. The summed E-state index contributed by atoms with van der Waals surface area (Å²) in [6.07, 6.45) is 0.741. The van der Waals surface area contributed by atoms with Crippen molar-refractivity contribution in [3.8, 4) is 0 Å². The van der Waals surface area contributed by atoms with Crippen LogP contribution in [-0.4, -0.2) is 11.7 Å². The molecule has 2 nitrogen and oxygen atoms in total. The maximum Gasteiger partial charge on any atom is 0.166 e. The Morgan fingerprint density at radius 3 is 2.45 bits per heavy atom. The Labute approximate surface area is 124 Å². The van der Waals surface area contributed by atoms with Gasteiger partial charge in [0.15, 0.2) is 5.11 Å². The van der Waals surface area contributed by atoms with Crippen molar-refractivity contribution in [1.29, 1.82) is 0 Å². The zero-order valence-electron chi connectivity index (χ0n) is 11.1. The molecule has 20 heavy (non-hydrogen) atoms. The molecule has 104 valence electrons. The number of rotatable bonds is 5. The SMILES string of the molecule is Fc1cccc(CCNC(=S)NCc2ccccc2)c1. The van der Waals surface area contributed by atoms with Gasteiger partial charge in [-0.25, -0.2) is 4.39 Å². The van der Waals surface area contributed by atoms with Gasteiger partial charge in [0.1, 0.15) is 5.82 Å². The Morgan fingerprint density at radius 2 is 1.70 bits per heavy atom. The highest BCUT2D eigenvalue weighted by Crippen LogP contribution is 2.03. The largest absolute Gasteiger partial charge is 0.362 e. The highest BCUT2D eigenvalue weighted by Gasteiger charge is 1.98. The second-order valence-corrected chi connectivity index (χ2v) is 4.88. The molecular weight excluding hydrogens is 271 g/mol. The van der Waals surface area contributed by atoms with Gasteiger partial charge in [-0.05, 0) is 41.9 Å². The number of benzene rings is 2. The van der Waals surface area contributed by atoms with E-state index in [2.05, 4.69) is 10.6 Å². The summed E-state index contributed by atoms with van der Waals surface area (Å²) in [6.45, 7) is 1.39. The molecule has 4 heteroatoms. The van der Waals surface area contributed by atoms with Crippen LogP contribution in [0.2, 0.25) is 0 Å². The maximum absolute atomic E-state index is 13.0. The first kappa shape index (κ1) is 14.5. The van der Waals surface area contributed by atoms with Crippen LogP contribution in [0.1, 0.15) is 11.1 Å². The van der Waals surface area contributed by atoms with Gasteiger partial charge in [-0.2, -0.15) is 0 Å². The van der Waals surface area contributed by atoms with Crippen molar-refractivity contribution >= 4 is 17.3 Å². The smallest absolute Gasteiger partial charge is 0.166 e. The van der Waals surface area contributed by atoms with E-state index in [9.17, 15) is 4.39 Å². The fraction of sp³-hybridized carbons (Fsp3) is 0.188. The molecule has 0 fully saturated rings. The molecule has 2 aromatic rings. The molecule has 0 aliphatic rings. The van der Waals surface area contributed by atoms with Crippen molar-refractivity contribution in [2.75, 3.05) is 6.54 Å². The minimum absolute atomic E-state index is 0.202. The van der Waals surface area contributed by atoms with Crippen LogP contribution in [0.4, 0.5) is 4.39 Å². The predicted molar refractivity (Wildman–Crippen MR) is 84.0 cm³/mol. The van der Waals surface area contributed by atoms with Gasteiger partial charge in [-0.3, -0.25) is 0 Å². The van der Waals surface area contributed by atoms with E-state index in [1.54, 1.807) is 12.1 Å². The Morgan fingerprint density at radius 1 is 0.950 bits per heavy atom. The molecule has 2 rings (SSSR count). The molecule has 0 aliphatic heterocycles. The highest BCUT2D eigenvalue weighted by molar-refractivity contribution is 7.80. The van der Waals surface area contributed by atoms with Crippen LogP contribution in [0.25, 0.3) is 0 Å². The molecule has 0 amide bonds. The van der Waals surface area contributed by atoms with Gasteiger partial charge in [-0.15, -0.1) is 0 Å². The number of thiocarbonyl (C=S) groups is 1. The lowest BCUT2D eigenvalue weighted by Crippen LogP contribution is -2.35. The molecule has 0 radical (unpaired) electrons. The molecule has 2 aromatic carbocycles. The molecule has 0 unspecified atom stereocenters. The topological polar surface area (TPSA) is 24.1 Å². The molecule has 0 saturated heterocycles. The Kier molecular flexibility index (Phi) is 5.50. The third-order valence-corrected chi connectivity index (χ3v) is 3.17. The van der Waals surface area contributed by atoms with Crippen LogP contribution in [0, 0.1) is 5.82 Å². The second kappa shape index (κ2) is 7.60. The number of nitrogens with one attached hydrogen (secondary N) is 2. The van der Waals surface area contributed by atoms with Crippen LogP contribution >= 0.6 is 12.2 Å². The first-order valence-electron chi connectivity index (χ1n) is 6.54. The Balaban J connectivity index is 1.68. The Bertz CT molecular complexity index is 557. The summed E-state index contributed by atoms with van der Waals surface area (Å²) in [4.78, 5) is 0. The molecule has 0 atom stereocenters. The fourth-order valence-electron chi connectivity index (χ4n) is 1.85. The summed E-state index contributed by atoms with van der Waals surface area (Å²) in [7, 11) is 0. The molecule has 0 aromatic heterocycles. The highest BCUT2D eigenvalue weighted by atomic mass is 32.1. The zero-order valence-corrected chi connectivity index (χ0v) is 11.9. The van der Waals surface area contributed by atoms with Crippen molar-refractivity contribution in [3.05, 3.63) is 71.5 Å². The van der Waals surface area contributed by atoms with Crippen molar-refractivity contribution in [2.24, 2.45) is 0 Å². The summed E-state index contributed by atoms with van der Waals surface area (Å²) in [5.74, 6) is -0.202. The van der Waals surface area contributed by atoms with Gasteiger partial charge >= 0.3 is 0 Å². The molecule has 0 bridgehead atoms. The Hall–Kier alpha value is -1.94. The van der Waals surface area contributed by atoms with Gasteiger partial charge < -0.3 is 10.6 Å². The standard InChI is InChI=1S/C16H17FN2S/c17-15-8-4-7-13(11-15)9-10-18-16(20)19-12-14-5-2-1-3-6-14/h1-8,11H,9-10,12H2,(H2,18,19,20). The van der Waals surface area contributed by atoms with E-state index in [1.165, 1.54) is 11.6 Å². The molecule has 0 spiro atoms. The number of halogens is 1. The van der Waals surface area contributed by atoms with Gasteiger partial charge in [0.25, 0.3) is 0 Å².